The molecular formula is C16H15BrS4. The molecule has 0 fully saturated rings. The second kappa shape index (κ2) is 7.47. The van der Waals surface area contributed by atoms with Crippen LogP contribution in [0.25, 0.3) is 19.5 Å². The van der Waals surface area contributed by atoms with Crippen molar-refractivity contribution < 1.29 is 0 Å². The van der Waals surface area contributed by atoms with Crippen LogP contribution in [-0.4, -0.2) is 5.75 Å². The van der Waals surface area contributed by atoms with Crippen molar-refractivity contribution in [1.29, 1.82) is 0 Å². The number of halogens is 1. The molecule has 3 heterocycles. The van der Waals surface area contributed by atoms with E-state index in [2.05, 4.69) is 58.6 Å². The maximum Gasteiger partial charge on any atom is 0.0705 e. The van der Waals surface area contributed by atoms with Gasteiger partial charge >= 0.3 is 0 Å². The maximum atomic E-state index is 3.54. The zero-order chi connectivity index (χ0) is 14.7. The van der Waals surface area contributed by atoms with E-state index in [9.17, 15) is 0 Å². The second-order valence-corrected chi connectivity index (χ2v) is 10.2. The van der Waals surface area contributed by atoms with Crippen LogP contribution in [0.2, 0.25) is 0 Å². The van der Waals surface area contributed by atoms with E-state index in [0.29, 0.717) is 0 Å². The number of hydrogen-bond acceptors (Lipinski definition) is 4. The first-order valence-electron chi connectivity index (χ1n) is 6.84. The Balaban J connectivity index is 1.82. The molecule has 3 aromatic rings. The van der Waals surface area contributed by atoms with Crippen LogP contribution >= 0.6 is 61.7 Å². The molecule has 0 aliphatic carbocycles. The van der Waals surface area contributed by atoms with Crippen LogP contribution in [0.5, 0.6) is 0 Å². The minimum Gasteiger partial charge on any atom is -0.142 e. The van der Waals surface area contributed by atoms with Gasteiger partial charge in [0.25, 0.3) is 0 Å². The van der Waals surface area contributed by atoms with Crippen molar-refractivity contribution in [3.05, 3.63) is 39.5 Å². The van der Waals surface area contributed by atoms with Gasteiger partial charge in [0, 0.05) is 19.5 Å². The summed E-state index contributed by atoms with van der Waals surface area (Å²) < 4.78 is 1.19. The highest BCUT2D eigenvalue weighted by Crippen LogP contribution is 2.43. The zero-order valence-corrected chi connectivity index (χ0v) is 16.4. The molecular weight excluding hydrogens is 400 g/mol. The fourth-order valence-corrected chi connectivity index (χ4v) is 6.90. The van der Waals surface area contributed by atoms with Gasteiger partial charge in [-0.25, -0.2) is 0 Å². The highest BCUT2D eigenvalue weighted by molar-refractivity contribution is 9.11. The first-order chi connectivity index (χ1) is 10.3. The van der Waals surface area contributed by atoms with Crippen LogP contribution in [0.3, 0.4) is 0 Å². The summed E-state index contributed by atoms with van der Waals surface area (Å²) in [4.78, 5) is 6.97. The molecule has 0 bridgehead atoms. The first kappa shape index (κ1) is 15.8. The van der Waals surface area contributed by atoms with Gasteiger partial charge in [0.05, 0.1) is 8.66 Å². The topological polar surface area (TPSA) is 0 Å². The molecule has 110 valence electrons. The van der Waals surface area contributed by atoms with Gasteiger partial charge in [-0.3, -0.25) is 0 Å². The summed E-state index contributed by atoms with van der Waals surface area (Å²) in [6, 6.07) is 11.1. The molecule has 0 nitrogen and oxygen atoms in total. The van der Waals surface area contributed by atoms with E-state index < -0.39 is 0 Å². The molecule has 0 amide bonds. The van der Waals surface area contributed by atoms with Crippen molar-refractivity contribution >= 4 is 61.7 Å². The zero-order valence-electron chi connectivity index (χ0n) is 11.6. The van der Waals surface area contributed by atoms with Gasteiger partial charge in [-0.15, -0.1) is 45.8 Å². The molecule has 0 saturated carbocycles. The molecule has 5 heteroatoms. The van der Waals surface area contributed by atoms with Crippen LogP contribution in [-0.2, 0) is 0 Å². The lowest BCUT2D eigenvalue weighted by atomic mass is 10.3. The summed E-state index contributed by atoms with van der Waals surface area (Å²) in [6.45, 7) is 2.25. The summed E-state index contributed by atoms with van der Waals surface area (Å²) in [5.74, 6) is 1.22. The average molecular weight is 415 g/mol. The summed E-state index contributed by atoms with van der Waals surface area (Å²) in [6.07, 6.45) is 2.56. The SMILES string of the molecule is CCCCSc1ccsc1-c1ccc(-c2ccc(Br)s2)s1. The van der Waals surface area contributed by atoms with E-state index in [-0.39, 0.29) is 0 Å². The Morgan fingerprint density at radius 2 is 1.76 bits per heavy atom. The standard InChI is InChI=1S/C16H15BrS4/c1-2-3-9-18-13-8-10-19-16(13)14-5-4-11(20-14)12-6-7-15(17)21-12/h4-8,10H,2-3,9H2,1H3. The van der Waals surface area contributed by atoms with Crippen molar-refractivity contribution in [1.82, 2.24) is 0 Å². The molecule has 0 N–H and O–H groups in total. The number of hydrogen-bond donors (Lipinski definition) is 0. The number of thioether (sulfide) groups is 1. The molecule has 21 heavy (non-hydrogen) atoms. The molecule has 0 aromatic carbocycles. The molecule has 3 rings (SSSR count). The van der Waals surface area contributed by atoms with Gasteiger partial charge in [-0.2, -0.15) is 0 Å². The summed E-state index contributed by atoms with van der Waals surface area (Å²) in [7, 11) is 0. The third-order valence-electron chi connectivity index (χ3n) is 3.03. The largest absolute Gasteiger partial charge is 0.142 e. The molecule has 0 unspecified atom stereocenters. The Labute approximate surface area is 150 Å². The van der Waals surface area contributed by atoms with Gasteiger partial charge in [0.2, 0.25) is 0 Å². The average Bonchev–Trinajstić information content (AvgIpc) is 3.17. The molecule has 0 radical (unpaired) electrons. The highest BCUT2D eigenvalue weighted by Gasteiger charge is 2.12. The van der Waals surface area contributed by atoms with Gasteiger partial charge in [-0.05, 0) is 63.8 Å². The van der Waals surface area contributed by atoms with Gasteiger partial charge < -0.3 is 0 Å². The fraction of sp³-hybridized carbons (Fsp3) is 0.250. The van der Waals surface area contributed by atoms with E-state index in [0.717, 1.165) is 0 Å². The molecule has 0 spiro atoms. The third-order valence-corrected chi connectivity index (χ3v) is 8.30. The Hall–Kier alpha value is -0.0700. The highest BCUT2D eigenvalue weighted by atomic mass is 79.9. The third kappa shape index (κ3) is 3.82. The van der Waals surface area contributed by atoms with Gasteiger partial charge in [0.1, 0.15) is 0 Å². The van der Waals surface area contributed by atoms with Gasteiger partial charge in [0.15, 0.2) is 0 Å². The van der Waals surface area contributed by atoms with Crippen molar-refractivity contribution in [3.8, 4) is 19.5 Å². The van der Waals surface area contributed by atoms with Crippen LogP contribution in [0.4, 0.5) is 0 Å². The van der Waals surface area contributed by atoms with Crippen molar-refractivity contribution in [2.24, 2.45) is 0 Å². The second-order valence-electron chi connectivity index (χ2n) is 4.58. The summed E-state index contributed by atoms with van der Waals surface area (Å²) >= 11 is 11.1. The lowest BCUT2D eigenvalue weighted by molar-refractivity contribution is 0.896. The van der Waals surface area contributed by atoms with E-state index in [1.54, 1.807) is 11.3 Å². The molecule has 0 aliphatic heterocycles. The Morgan fingerprint density at radius 3 is 2.52 bits per heavy atom. The van der Waals surface area contributed by atoms with Crippen LogP contribution in [0, 0.1) is 0 Å². The van der Waals surface area contributed by atoms with Crippen LogP contribution in [0.15, 0.2) is 44.4 Å². The Morgan fingerprint density at radius 1 is 1.00 bits per heavy atom. The van der Waals surface area contributed by atoms with E-state index >= 15 is 0 Å². The fourth-order valence-electron chi connectivity index (χ4n) is 1.96. The number of thiophene rings is 3. The number of unbranched alkanes of at least 4 members (excludes halogenated alkanes) is 1. The molecule has 3 aromatic heterocycles. The number of rotatable bonds is 6. The molecule has 0 atom stereocenters. The van der Waals surface area contributed by atoms with E-state index in [1.807, 2.05) is 34.4 Å². The summed E-state index contributed by atoms with van der Waals surface area (Å²) in [5.41, 5.74) is 0. The van der Waals surface area contributed by atoms with Gasteiger partial charge in [-0.1, -0.05) is 13.3 Å². The van der Waals surface area contributed by atoms with Crippen molar-refractivity contribution in [2.45, 2.75) is 24.7 Å². The van der Waals surface area contributed by atoms with Crippen LogP contribution < -0.4 is 0 Å². The Bertz CT molecular complexity index is 707. The minimum atomic E-state index is 1.19. The lowest BCUT2D eigenvalue weighted by Gasteiger charge is -2.01. The normalized spacial score (nSPS) is 11.1. The van der Waals surface area contributed by atoms with Crippen LogP contribution in [0.1, 0.15) is 19.8 Å². The monoisotopic (exact) mass is 414 g/mol. The van der Waals surface area contributed by atoms with E-state index in [4.69, 9.17) is 0 Å². The minimum absolute atomic E-state index is 1.19. The van der Waals surface area contributed by atoms with Crippen molar-refractivity contribution in [3.63, 3.8) is 0 Å². The molecule has 0 aliphatic rings. The van der Waals surface area contributed by atoms with Crippen molar-refractivity contribution in [2.75, 3.05) is 5.75 Å². The predicted molar refractivity (Wildman–Crippen MR) is 104 cm³/mol. The Kier molecular flexibility index (Phi) is 5.62. The first-order valence-corrected chi connectivity index (χ1v) is 11.1. The quantitative estimate of drug-likeness (QED) is 0.292. The summed E-state index contributed by atoms with van der Waals surface area (Å²) in [5, 5.41) is 2.21. The maximum absolute atomic E-state index is 3.54. The molecule has 0 saturated heterocycles. The van der Waals surface area contributed by atoms with E-state index in [1.165, 1.54) is 46.8 Å². The predicted octanol–water partition coefficient (Wildman–Crippen LogP) is 7.86. The smallest absolute Gasteiger partial charge is 0.0705 e. The lowest BCUT2D eigenvalue weighted by Crippen LogP contribution is -1.77.